The molecule has 2 amide bonds. The van der Waals surface area contributed by atoms with Crippen molar-refractivity contribution in [1.82, 2.24) is 9.80 Å². The second kappa shape index (κ2) is 10.3. The van der Waals surface area contributed by atoms with Crippen molar-refractivity contribution < 1.29 is 14.7 Å². The third-order valence-electron chi connectivity index (χ3n) is 12.1. The van der Waals surface area contributed by atoms with Crippen molar-refractivity contribution in [2.24, 2.45) is 46.3 Å². The molecule has 5 nitrogen and oxygen atoms in total. The second-order valence-corrected chi connectivity index (χ2v) is 14.3. The molecule has 0 spiro atoms. The number of hydrogen-bond acceptors (Lipinski definition) is 3. The highest BCUT2D eigenvalue weighted by Crippen LogP contribution is 2.67. The van der Waals surface area contributed by atoms with E-state index in [1.807, 2.05) is 23.6 Å². The minimum atomic E-state index is -0.129. The molecule has 5 rings (SSSR count). The van der Waals surface area contributed by atoms with Crippen molar-refractivity contribution in [2.45, 2.75) is 105 Å². The fourth-order valence-electron chi connectivity index (χ4n) is 9.87. The molecule has 0 unspecified atom stereocenters. The second-order valence-electron chi connectivity index (χ2n) is 14.3. The van der Waals surface area contributed by atoms with E-state index < -0.39 is 0 Å². The SMILES string of the molecule is CC(C)C(=O)N1CCN(C(=O)CC[C@@H](C)[C@H]2CC[C@H]3[C@@H]4CC=C5C[C@@H](O)CC[C@]5(C)[C@H]4CC[C@]23C)CC1. The molecule has 4 aliphatic carbocycles. The predicted molar refractivity (Wildman–Crippen MR) is 148 cm³/mol. The fraction of sp³-hybridized carbons (Fsp3) is 0.875. The lowest BCUT2D eigenvalue weighted by Gasteiger charge is -2.58. The average molecular weight is 513 g/mol. The van der Waals surface area contributed by atoms with Gasteiger partial charge in [-0.25, -0.2) is 0 Å². The van der Waals surface area contributed by atoms with E-state index in [4.69, 9.17) is 0 Å². The van der Waals surface area contributed by atoms with Crippen molar-refractivity contribution in [2.75, 3.05) is 26.2 Å². The van der Waals surface area contributed by atoms with Gasteiger partial charge < -0.3 is 14.9 Å². The molecule has 1 aliphatic heterocycles. The van der Waals surface area contributed by atoms with Crippen LogP contribution in [0, 0.1) is 46.3 Å². The number of nitrogens with zero attached hydrogens (tertiary/aromatic N) is 2. The Morgan fingerprint density at radius 3 is 2.38 bits per heavy atom. The molecule has 1 heterocycles. The maximum absolute atomic E-state index is 13.1. The Morgan fingerprint density at radius 2 is 1.68 bits per heavy atom. The number of allylic oxidation sites excluding steroid dienone is 1. The van der Waals surface area contributed by atoms with Gasteiger partial charge >= 0.3 is 0 Å². The molecule has 1 saturated heterocycles. The van der Waals surface area contributed by atoms with Crippen LogP contribution in [0.2, 0.25) is 0 Å². The van der Waals surface area contributed by atoms with Crippen LogP contribution in [0.1, 0.15) is 98.8 Å². The van der Waals surface area contributed by atoms with Crippen LogP contribution in [-0.4, -0.2) is 59.0 Å². The normalized spacial score (nSPS) is 40.5. The first-order valence-corrected chi connectivity index (χ1v) is 15.5. The first kappa shape index (κ1) is 27.2. The molecule has 0 aromatic rings. The van der Waals surface area contributed by atoms with Gasteiger partial charge in [-0.05, 0) is 98.2 Å². The summed E-state index contributed by atoms with van der Waals surface area (Å²) in [4.78, 5) is 29.3. The van der Waals surface area contributed by atoms with Gasteiger partial charge in [-0.2, -0.15) is 0 Å². The zero-order chi connectivity index (χ0) is 26.5. The van der Waals surface area contributed by atoms with Gasteiger partial charge in [0.2, 0.25) is 11.8 Å². The van der Waals surface area contributed by atoms with Gasteiger partial charge in [0.15, 0.2) is 0 Å². The summed E-state index contributed by atoms with van der Waals surface area (Å²) in [7, 11) is 0. The number of amides is 2. The first-order valence-electron chi connectivity index (χ1n) is 15.5. The summed E-state index contributed by atoms with van der Waals surface area (Å²) >= 11 is 0. The summed E-state index contributed by atoms with van der Waals surface area (Å²) in [5.41, 5.74) is 2.28. The van der Waals surface area contributed by atoms with Crippen LogP contribution in [0.4, 0.5) is 0 Å². The first-order chi connectivity index (χ1) is 17.5. The van der Waals surface area contributed by atoms with Crippen molar-refractivity contribution in [3.05, 3.63) is 11.6 Å². The number of carbonyl (C=O) groups is 2. The van der Waals surface area contributed by atoms with E-state index in [1.165, 1.54) is 32.1 Å². The van der Waals surface area contributed by atoms with Crippen molar-refractivity contribution in [1.29, 1.82) is 0 Å². The van der Waals surface area contributed by atoms with Crippen molar-refractivity contribution in [3.8, 4) is 0 Å². The van der Waals surface area contributed by atoms with Crippen LogP contribution < -0.4 is 0 Å². The van der Waals surface area contributed by atoms with Crippen molar-refractivity contribution in [3.63, 3.8) is 0 Å². The summed E-state index contributed by atoms with van der Waals surface area (Å²) in [5, 5.41) is 10.3. The molecule has 3 saturated carbocycles. The molecule has 208 valence electrons. The summed E-state index contributed by atoms with van der Waals surface area (Å²) < 4.78 is 0. The molecule has 0 aromatic carbocycles. The van der Waals surface area contributed by atoms with Crippen LogP contribution in [0.25, 0.3) is 0 Å². The topological polar surface area (TPSA) is 60.9 Å². The fourth-order valence-corrected chi connectivity index (χ4v) is 9.87. The summed E-state index contributed by atoms with van der Waals surface area (Å²) in [6.45, 7) is 14.2. The number of piperazine rings is 1. The highest BCUT2D eigenvalue weighted by molar-refractivity contribution is 5.79. The highest BCUT2D eigenvalue weighted by atomic mass is 16.3. The van der Waals surface area contributed by atoms with Gasteiger partial charge in [0.1, 0.15) is 0 Å². The number of aliphatic hydroxyl groups is 1. The third-order valence-corrected chi connectivity index (χ3v) is 12.1. The molecule has 0 bridgehead atoms. The number of carbonyl (C=O) groups excluding carboxylic acids is 2. The summed E-state index contributed by atoms with van der Waals surface area (Å²) in [6, 6.07) is 0. The van der Waals surface area contributed by atoms with E-state index >= 15 is 0 Å². The Bertz CT molecular complexity index is 906. The smallest absolute Gasteiger partial charge is 0.225 e. The van der Waals surface area contributed by atoms with Gasteiger partial charge in [0.05, 0.1) is 6.10 Å². The van der Waals surface area contributed by atoms with E-state index in [2.05, 4.69) is 26.8 Å². The summed E-state index contributed by atoms with van der Waals surface area (Å²) in [5.74, 6) is 4.21. The van der Waals surface area contributed by atoms with Gasteiger partial charge in [-0.15, -0.1) is 0 Å². The minimum absolute atomic E-state index is 0.0277. The molecule has 5 aliphatic rings. The van der Waals surface area contributed by atoms with Crippen molar-refractivity contribution >= 4 is 11.8 Å². The van der Waals surface area contributed by atoms with E-state index in [0.717, 1.165) is 49.4 Å². The number of aliphatic hydroxyl groups excluding tert-OH is 1. The average Bonchev–Trinajstić information content (AvgIpc) is 3.24. The van der Waals surface area contributed by atoms with E-state index in [0.29, 0.717) is 49.3 Å². The third kappa shape index (κ3) is 4.80. The Kier molecular flexibility index (Phi) is 7.59. The zero-order valence-electron chi connectivity index (χ0n) is 24.2. The maximum Gasteiger partial charge on any atom is 0.225 e. The van der Waals surface area contributed by atoms with Gasteiger partial charge in [0.25, 0.3) is 0 Å². The molecular formula is C32H52N2O3. The lowest BCUT2D eigenvalue weighted by molar-refractivity contribution is -0.141. The molecule has 0 aromatic heterocycles. The lowest BCUT2D eigenvalue weighted by atomic mass is 9.47. The standard InChI is InChI=1S/C32H52N2O3/c1-21(2)30(37)34-18-16-33(17-19-34)29(36)11-6-22(3)26-9-10-27-25-8-7-23-20-24(35)12-14-31(23,4)28(25)13-15-32(26,27)5/h7,21-22,24-28,35H,6,8-20H2,1-5H3/t22-,24+,25+,26-,27+,28+,31+,32-/m1/s1. The molecule has 4 fully saturated rings. The molecule has 37 heavy (non-hydrogen) atoms. The number of hydrogen-bond donors (Lipinski definition) is 1. The molecule has 5 heteroatoms. The molecular weight excluding hydrogens is 460 g/mol. The highest BCUT2D eigenvalue weighted by Gasteiger charge is 2.59. The van der Waals surface area contributed by atoms with E-state index in [-0.39, 0.29) is 23.8 Å². The molecule has 0 radical (unpaired) electrons. The number of rotatable bonds is 5. The van der Waals surface area contributed by atoms with E-state index in [1.54, 1.807) is 5.57 Å². The number of fused-ring (bicyclic) bond motifs is 5. The maximum atomic E-state index is 13.1. The monoisotopic (exact) mass is 512 g/mol. The largest absolute Gasteiger partial charge is 0.393 e. The van der Waals surface area contributed by atoms with Crippen LogP contribution in [0.5, 0.6) is 0 Å². The predicted octanol–water partition coefficient (Wildman–Crippen LogP) is 5.67. The Morgan fingerprint density at radius 1 is 0.973 bits per heavy atom. The Balaban J connectivity index is 1.17. The van der Waals surface area contributed by atoms with Gasteiger partial charge in [-0.3, -0.25) is 9.59 Å². The Hall–Kier alpha value is -1.36. The van der Waals surface area contributed by atoms with Gasteiger partial charge in [-0.1, -0.05) is 46.3 Å². The van der Waals surface area contributed by atoms with Crippen LogP contribution >= 0.6 is 0 Å². The summed E-state index contributed by atoms with van der Waals surface area (Å²) in [6.07, 6.45) is 13.6. The minimum Gasteiger partial charge on any atom is -0.393 e. The molecule has 8 atom stereocenters. The van der Waals surface area contributed by atoms with Crippen LogP contribution in [-0.2, 0) is 9.59 Å². The Labute approximate surface area is 225 Å². The quantitative estimate of drug-likeness (QED) is 0.483. The molecule has 1 N–H and O–H groups in total. The zero-order valence-corrected chi connectivity index (χ0v) is 24.2. The van der Waals surface area contributed by atoms with Gasteiger partial charge in [0, 0.05) is 38.5 Å². The lowest BCUT2D eigenvalue weighted by Crippen LogP contribution is -2.51. The van der Waals surface area contributed by atoms with E-state index in [9.17, 15) is 14.7 Å². The van der Waals surface area contributed by atoms with Crippen LogP contribution in [0.15, 0.2) is 11.6 Å². The van der Waals surface area contributed by atoms with Crippen LogP contribution in [0.3, 0.4) is 0 Å².